The summed E-state index contributed by atoms with van der Waals surface area (Å²) >= 11 is 0. The van der Waals surface area contributed by atoms with Gasteiger partial charge in [-0.15, -0.1) is 0 Å². The van der Waals surface area contributed by atoms with Crippen LogP contribution in [0.2, 0.25) is 0 Å². The molecule has 3 rings (SSSR count). The summed E-state index contributed by atoms with van der Waals surface area (Å²) in [7, 11) is 0. The first-order valence-corrected chi connectivity index (χ1v) is 8.28. The smallest absolute Gasteiger partial charge is 0.274 e. The fraction of sp³-hybridized carbons (Fsp3) is 0.368. The average Bonchev–Trinajstić information content (AvgIpc) is 2.59. The third-order valence-corrected chi connectivity index (χ3v) is 4.44. The van der Waals surface area contributed by atoms with Crippen LogP contribution in [-0.4, -0.2) is 28.4 Å². The zero-order chi connectivity index (χ0) is 16.1. The van der Waals surface area contributed by atoms with Crippen molar-refractivity contribution < 1.29 is 4.79 Å². The van der Waals surface area contributed by atoms with E-state index in [4.69, 9.17) is 0 Å². The van der Waals surface area contributed by atoms with Crippen LogP contribution in [0.5, 0.6) is 0 Å². The number of nitrogens with zero attached hydrogens (tertiary/aromatic N) is 2. The number of hydrogen-bond donors (Lipinski definition) is 1. The zero-order valence-electron chi connectivity index (χ0n) is 13.5. The van der Waals surface area contributed by atoms with Crippen LogP contribution in [0.3, 0.4) is 0 Å². The molecular weight excluding hydrogens is 286 g/mol. The van der Waals surface area contributed by atoms with Crippen molar-refractivity contribution in [3.05, 3.63) is 59.9 Å². The van der Waals surface area contributed by atoms with Crippen LogP contribution >= 0.6 is 0 Å². The van der Waals surface area contributed by atoms with E-state index in [-0.39, 0.29) is 5.91 Å². The summed E-state index contributed by atoms with van der Waals surface area (Å²) in [6, 6.07) is 14.1. The van der Waals surface area contributed by atoms with Gasteiger partial charge < -0.3 is 5.32 Å². The highest BCUT2D eigenvalue weighted by Crippen LogP contribution is 2.20. The molecule has 120 valence electrons. The zero-order valence-corrected chi connectivity index (χ0v) is 13.5. The second-order valence-electron chi connectivity index (χ2n) is 6.18. The first-order chi connectivity index (χ1) is 11.2. The summed E-state index contributed by atoms with van der Waals surface area (Å²) in [5.41, 5.74) is 2.52. The van der Waals surface area contributed by atoms with Crippen LogP contribution in [0.4, 0.5) is 5.69 Å². The number of carbonyl (C=O) groups is 1. The maximum Gasteiger partial charge on any atom is 0.274 e. The number of likely N-dealkylation sites (tertiary alicyclic amines) is 1. The van der Waals surface area contributed by atoms with Gasteiger partial charge in [-0.1, -0.05) is 24.6 Å². The maximum atomic E-state index is 12.1. The lowest BCUT2D eigenvalue weighted by Crippen LogP contribution is -2.36. The molecule has 4 nitrogen and oxygen atoms in total. The summed E-state index contributed by atoms with van der Waals surface area (Å²) in [6.07, 6.45) is 5.55. The number of piperidine rings is 1. The Bertz CT molecular complexity index is 639. The predicted molar refractivity (Wildman–Crippen MR) is 92.4 cm³/mol. The molecule has 1 aliphatic rings. The molecule has 1 atom stereocenters. The minimum Gasteiger partial charge on any atom is -0.321 e. The van der Waals surface area contributed by atoms with Gasteiger partial charge in [0.05, 0.1) is 0 Å². The van der Waals surface area contributed by atoms with Crippen molar-refractivity contribution in [1.82, 2.24) is 9.88 Å². The van der Waals surface area contributed by atoms with Gasteiger partial charge in [0.1, 0.15) is 5.69 Å². The Balaban J connectivity index is 1.60. The Morgan fingerprint density at radius 2 is 2.04 bits per heavy atom. The van der Waals surface area contributed by atoms with Crippen LogP contribution in [0.15, 0.2) is 48.7 Å². The van der Waals surface area contributed by atoms with E-state index in [1.54, 1.807) is 18.3 Å². The lowest BCUT2D eigenvalue weighted by atomic mass is 10.0. The lowest BCUT2D eigenvalue weighted by molar-refractivity contribution is 0.102. The van der Waals surface area contributed by atoms with Crippen LogP contribution in [-0.2, 0) is 6.54 Å². The van der Waals surface area contributed by atoms with Crippen LogP contribution in [0.1, 0.15) is 42.2 Å². The van der Waals surface area contributed by atoms with Gasteiger partial charge in [-0.25, -0.2) is 0 Å². The molecule has 23 heavy (non-hydrogen) atoms. The Labute approximate surface area is 137 Å². The number of pyridine rings is 1. The summed E-state index contributed by atoms with van der Waals surface area (Å²) < 4.78 is 0. The fourth-order valence-corrected chi connectivity index (χ4v) is 3.01. The van der Waals surface area contributed by atoms with Gasteiger partial charge in [0.2, 0.25) is 0 Å². The molecule has 0 aliphatic carbocycles. The highest BCUT2D eigenvalue weighted by molar-refractivity contribution is 6.02. The Kier molecular flexibility index (Phi) is 5.03. The largest absolute Gasteiger partial charge is 0.321 e. The molecule has 1 fully saturated rings. The molecule has 2 aromatic rings. The molecule has 0 bridgehead atoms. The van der Waals surface area contributed by atoms with Gasteiger partial charge in [-0.3, -0.25) is 14.7 Å². The second kappa shape index (κ2) is 7.38. The fourth-order valence-electron chi connectivity index (χ4n) is 3.01. The first-order valence-electron chi connectivity index (χ1n) is 8.28. The van der Waals surface area contributed by atoms with E-state index in [1.807, 2.05) is 18.2 Å². The molecule has 1 amide bonds. The number of amides is 1. The number of nitrogens with one attached hydrogen (secondary N) is 1. The number of hydrogen-bond acceptors (Lipinski definition) is 3. The van der Waals surface area contributed by atoms with Gasteiger partial charge in [-0.05, 0) is 56.1 Å². The van der Waals surface area contributed by atoms with E-state index >= 15 is 0 Å². The molecule has 4 heteroatoms. The molecule has 0 saturated carbocycles. The molecule has 1 aromatic heterocycles. The third kappa shape index (κ3) is 4.17. The standard InChI is InChI=1S/C19H23N3O/c1-15-6-3-5-13-22(15)14-16-8-10-17(11-9-16)21-19(23)18-7-2-4-12-20-18/h2,4,7-12,15H,3,5-6,13-14H2,1H3,(H,21,23). The van der Waals surface area contributed by atoms with Crippen molar-refractivity contribution in [2.24, 2.45) is 0 Å². The van der Waals surface area contributed by atoms with Gasteiger partial charge in [0.25, 0.3) is 5.91 Å². The minimum absolute atomic E-state index is 0.178. The van der Waals surface area contributed by atoms with Gasteiger partial charge in [0.15, 0.2) is 0 Å². The van der Waals surface area contributed by atoms with E-state index in [1.165, 1.54) is 31.4 Å². The van der Waals surface area contributed by atoms with Crippen LogP contribution in [0.25, 0.3) is 0 Å². The van der Waals surface area contributed by atoms with Gasteiger partial charge in [-0.2, -0.15) is 0 Å². The molecule has 1 unspecified atom stereocenters. The highest BCUT2D eigenvalue weighted by atomic mass is 16.1. The minimum atomic E-state index is -0.178. The van der Waals surface area contributed by atoms with E-state index < -0.39 is 0 Å². The predicted octanol–water partition coefficient (Wildman–Crippen LogP) is 3.71. The molecule has 1 aliphatic heterocycles. The summed E-state index contributed by atoms with van der Waals surface area (Å²) in [5, 5.41) is 2.88. The van der Waals surface area contributed by atoms with Crippen LogP contribution in [0, 0.1) is 0 Å². The SMILES string of the molecule is CC1CCCCN1Cc1ccc(NC(=O)c2ccccn2)cc1. The molecule has 1 saturated heterocycles. The Morgan fingerprint density at radius 1 is 1.22 bits per heavy atom. The number of benzene rings is 1. The lowest BCUT2D eigenvalue weighted by Gasteiger charge is -2.33. The molecule has 0 spiro atoms. The average molecular weight is 309 g/mol. The summed E-state index contributed by atoms with van der Waals surface area (Å²) in [5.74, 6) is -0.178. The van der Waals surface area contributed by atoms with Crippen LogP contribution < -0.4 is 5.32 Å². The first kappa shape index (κ1) is 15.7. The van der Waals surface area contributed by atoms with Crippen molar-refractivity contribution in [3.8, 4) is 0 Å². The number of anilines is 1. The number of rotatable bonds is 4. The summed E-state index contributed by atoms with van der Waals surface area (Å²) in [4.78, 5) is 18.7. The van der Waals surface area contributed by atoms with Crippen molar-refractivity contribution >= 4 is 11.6 Å². The van der Waals surface area contributed by atoms with Crippen molar-refractivity contribution in [2.45, 2.75) is 38.8 Å². The Morgan fingerprint density at radius 3 is 2.74 bits per heavy atom. The highest BCUT2D eigenvalue weighted by Gasteiger charge is 2.18. The van der Waals surface area contributed by atoms with Gasteiger partial charge >= 0.3 is 0 Å². The molecule has 0 radical (unpaired) electrons. The quantitative estimate of drug-likeness (QED) is 0.936. The molecular formula is C19H23N3O. The topological polar surface area (TPSA) is 45.2 Å². The molecule has 1 aromatic carbocycles. The second-order valence-corrected chi connectivity index (χ2v) is 6.18. The van der Waals surface area contributed by atoms with E-state index in [0.717, 1.165) is 12.2 Å². The molecule has 1 N–H and O–H groups in total. The summed E-state index contributed by atoms with van der Waals surface area (Å²) in [6.45, 7) is 4.47. The number of carbonyl (C=O) groups excluding carboxylic acids is 1. The van der Waals surface area contributed by atoms with E-state index in [0.29, 0.717) is 11.7 Å². The van der Waals surface area contributed by atoms with Gasteiger partial charge in [0, 0.05) is 24.5 Å². The maximum absolute atomic E-state index is 12.1. The monoisotopic (exact) mass is 309 g/mol. The normalized spacial score (nSPS) is 18.6. The third-order valence-electron chi connectivity index (χ3n) is 4.44. The van der Waals surface area contributed by atoms with Crippen molar-refractivity contribution in [3.63, 3.8) is 0 Å². The van der Waals surface area contributed by atoms with Crippen molar-refractivity contribution in [1.29, 1.82) is 0 Å². The van der Waals surface area contributed by atoms with Crippen molar-refractivity contribution in [2.75, 3.05) is 11.9 Å². The molecule has 2 heterocycles. The van der Waals surface area contributed by atoms with E-state index in [9.17, 15) is 4.79 Å². The number of aromatic nitrogens is 1. The van der Waals surface area contributed by atoms with E-state index in [2.05, 4.69) is 34.3 Å². The Hall–Kier alpha value is -2.20.